The van der Waals surface area contributed by atoms with Gasteiger partial charge in [0.25, 0.3) is 5.56 Å². The molecule has 1 fully saturated rings. The Bertz CT molecular complexity index is 856. The van der Waals surface area contributed by atoms with Crippen LogP contribution >= 0.6 is 0 Å². The minimum atomic E-state index is -0.231. The summed E-state index contributed by atoms with van der Waals surface area (Å²) in [6.07, 6.45) is 1.31. The molecule has 0 aliphatic carbocycles. The van der Waals surface area contributed by atoms with Gasteiger partial charge >= 0.3 is 0 Å². The summed E-state index contributed by atoms with van der Waals surface area (Å²) < 4.78 is 11.7. The Labute approximate surface area is 158 Å². The van der Waals surface area contributed by atoms with Gasteiger partial charge in [-0.2, -0.15) is 0 Å². The molecule has 0 radical (unpaired) electrons. The summed E-state index contributed by atoms with van der Waals surface area (Å²) in [5.74, 6) is 1.22. The van der Waals surface area contributed by atoms with Gasteiger partial charge in [-0.05, 0) is 13.8 Å². The summed E-state index contributed by atoms with van der Waals surface area (Å²) >= 11 is 0. The van der Waals surface area contributed by atoms with Crippen molar-refractivity contribution in [3.63, 3.8) is 0 Å². The Morgan fingerprint density at radius 2 is 2.00 bits per heavy atom. The fraction of sp³-hybridized carbons (Fsp3) is 0.526. The van der Waals surface area contributed by atoms with E-state index < -0.39 is 0 Å². The molecular formula is C19H26N4O4. The van der Waals surface area contributed by atoms with Crippen LogP contribution in [0.25, 0.3) is 10.9 Å². The molecule has 2 aromatic rings. The van der Waals surface area contributed by atoms with Crippen molar-refractivity contribution in [1.29, 1.82) is 0 Å². The van der Waals surface area contributed by atoms with E-state index in [4.69, 9.17) is 9.47 Å². The number of H-pyrrole nitrogens is 1. The van der Waals surface area contributed by atoms with Crippen LogP contribution in [-0.4, -0.2) is 71.1 Å². The first-order valence-electron chi connectivity index (χ1n) is 9.23. The van der Waals surface area contributed by atoms with Crippen LogP contribution in [-0.2, 0) is 4.79 Å². The van der Waals surface area contributed by atoms with Crippen LogP contribution in [0.2, 0.25) is 0 Å². The van der Waals surface area contributed by atoms with E-state index >= 15 is 0 Å². The fourth-order valence-electron chi connectivity index (χ4n) is 3.15. The molecule has 1 aromatic heterocycles. The van der Waals surface area contributed by atoms with E-state index in [2.05, 4.69) is 14.9 Å². The highest BCUT2D eigenvalue weighted by molar-refractivity contribution is 5.85. The molecule has 0 atom stereocenters. The Morgan fingerprint density at radius 1 is 1.26 bits per heavy atom. The topological polar surface area (TPSA) is 87.8 Å². The molecule has 1 aromatic carbocycles. The van der Waals surface area contributed by atoms with Crippen molar-refractivity contribution in [3.05, 3.63) is 28.8 Å². The van der Waals surface area contributed by atoms with Crippen molar-refractivity contribution in [2.45, 2.75) is 26.9 Å². The lowest BCUT2D eigenvalue weighted by molar-refractivity contribution is -0.130. The number of fused-ring (bicyclic) bond motifs is 1. The summed E-state index contributed by atoms with van der Waals surface area (Å²) in [4.78, 5) is 34.5. The highest BCUT2D eigenvalue weighted by Gasteiger charge is 2.18. The van der Waals surface area contributed by atoms with Crippen molar-refractivity contribution < 1.29 is 14.3 Å². The smallest absolute Gasteiger partial charge is 0.262 e. The van der Waals surface area contributed by atoms with Crippen molar-refractivity contribution in [1.82, 2.24) is 19.8 Å². The van der Waals surface area contributed by atoms with E-state index in [1.54, 1.807) is 19.1 Å². The molecule has 0 unspecified atom stereocenters. The van der Waals surface area contributed by atoms with Crippen molar-refractivity contribution in [2.75, 3.05) is 39.3 Å². The average molecular weight is 374 g/mol. The van der Waals surface area contributed by atoms with Gasteiger partial charge in [0.1, 0.15) is 23.5 Å². The fourth-order valence-corrected chi connectivity index (χ4v) is 3.15. The molecule has 1 N–H and O–H groups in total. The number of rotatable bonds is 6. The largest absolute Gasteiger partial charge is 0.492 e. The zero-order valence-electron chi connectivity index (χ0n) is 16.0. The lowest BCUT2D eigenvalue weighted by Gasteiger charge is -2.34. The molecule has 27 heavy (non-hydrogen) atoms. The first kappa shape index (κ1) is 19.2. The van der Waals surface area contributed by atoms with Gasteiger partial charge in [0, 0.05) is 51.8 Å². The van der Waals surface area contributed by atoms with Gasteiger partial charge in [0.2, 0.25) is 5.91 Å². The van der Waals surface area contributed by atoms with E-state index in [0.29, 0.717) is 29.0 Å². The molecule has 1 amide bonds. The van der Waals surface area contributed by atoms with E-state index in [1.165, 1.54) is 6.33 Å². The second-order valence-corrected chi connectivity index (χ2v) is 6.91. The molecule has 3 rings (SSSR count). The quantitative estimate of drug-likeness (QED) is 0.819. The number of benzene rings is 1. The summed E-state index contributed by atoms with van der Waals surface area (Å²) in [6, 6.07) is 3.50. The van der Waals surface area contributed by atoms with Crippen LogP contribution in [0, 0.1) is 0 Å². The van der Waals surface area contributed by atoms with Crippen LogP contribution in [0.1, 0.15) is 20.8 Å². The predicted molar refractivity (Wildman–Crippen MR) is 102 cm³/mol. The van der Waals surface area contributed by atoms with Crippen molar-refractivity contribution in [2.24, 2.45) is 0 Å². The maximum atomic E-state index is 12.1. The third kappa shape index (κ3) is 4.77. The van der Waals surface area contributed by atoms with Gasteiger partial charge in [-0.25, -0.2) is 4.98 Å². The molecule has 0 spiro atoms. The standard InChI is InChI=1S/C19H26N4O4/c1-13(2)27-17-11-15(10-16-18(17)19(25)21-12-20-16)26-9-8-22-4-6-23(7-5-22)14(3)24/h10-13H,4-9H2,1-3H3,(H,20,21,25). The number of hydrogen-bond donors (Lipinski definition) is 1. The van der Waals surface area contributed by atoms with Crippen LogP contribution in [0.3, 0.4) is 0 Å². The normalized spacial score (nSPS) is 15.3. The number of piperazine rings is 1. The lowest BCUT2D eigenvalue weighted by Crippen LogP contribution is -2.48. The van der Waals surface area contributed by atoms with Crippen LogP contribution in [0.4, 0.5) is 0 Å². The minimum absolute atomic E-state index is 0.0689. The van der Waals surface area contributed by atoms with E-state index in [1.807, 2.05) is 18.7 Å². The van der Waals surface area contributed by atoms with Gasteiger partial charge in [-0.1, -0.05) is 0 Å². The number of aromatic amines is 1. The molecular weight excluding hydrogens is 348 g/mol. The first-order chi connectivity index (χ1) is 12.9. The Balaban J connectivity index is 1.65. The number of carbonyl (C=O) groups excluding carboxylic acids is 1. The zero-order chi connectivity index (χ0) is 19.4. The molecule has 0 saturated carbocycles. The van der Waals surface area contributed by atoms with Gasteiger partial charge in [-0.15, -0.1) is 0 Å². The number of carbonyl (C=O) groups is 1. The second kappa shape index (κ2) is 8.39. The third-order valence-electron chi connectivity index (χ3n) is 4.54. The summed E-state index contributed by atoms with van der Waals surface area (Å²) in [5, 5.41) is 0.430. The number of aromatic nitrogens is 2. The van der Waals surface area contributed by atoms with E-state index in [-0.39, 0.29) is 17.6 Å². The average Bonchev–Trinajstić information content (AvgIpc) is 2.61. The monoisotopic (exact) mass is 374 g/mol. The zero-order valence-corrected chi connectivity index (χ0v) is 16.0. The summed E-state index contributed by atoms with van der Waals surface area (Å²) in [7, 11) is 0. The molecule has 146 valence electrons. The molecule has 8 nitrogen and oxygen atoms in total. The van der Waals surface area contributed by atoms with Gasteiger partial charge < -0.3 is 19.4 Å². The second-order valence-electron chi connectivity index (χ2n) is 6.91. The molecule has 1 saturated heterocycles. The number of nitrogens with zero attached hydrogens (tertiary/aromatic N) is 3. The van der Waals surface area contributed by atoms with Crippen LogP contribution < -0.4 is 15.0 Å². The van der Waals surface area contributed by atoms with Crippen LogP contribution in [0.15, 0.2) is 23.3 Å². The molecule has 1 aliphatic rings. The minimum Gasteiger partial charge on any atom is -0.492 e. The highest BCUT2D eigenvalue weighted by Crippen LogP contribution is 2.28. The molecule has 8 heteroatoms. The van der Waals surface area contributed by atoms with Crippen molar-refractivity contribution in [3.8, 4) is 11.5 Å². The number of nitrogens with one attached hydrogen (secondary N) is 1. The number of amides is 1. The van der Waals surface area contributed by atoms with Gasteiger partial charge in [0.15, 0.2) is 0 Å². The maximum Gasteiger partial charge on any atom is 0.262 e. The maximum absolute atomic E-state index is 12.1. The molecule has 2 heterocycles. The Hall–Kier alpha value is -2.61. The van der Waals surface area contributed by atoms with Gasteiger partial charge in [-0.3, -0.25) is 14.5 Å². The van der Waals surface area contributed by atoms with Gasteiger partial charge in [0.05, 0.1) is 17.9 Å². The Kier molecular flexibility index (Phi) is 5.95. The SMILES string of the molecule is CC(=O)N1CCN(CCOc2cc(OC(C)C)c3c(=O)[nH]cnc3c2)CC1. The van der Waals surface area contributed by atoms with E-state index in [9.17, 15) is 9.59 Å². The first-order valence-corrected chi connectivity index (χ1v) is 9.23. The third-order valence-corrected chi connectivity index (χ3v) is 4.54. The number of ether oxygens (including phenoxy) is 2. The highest BCUT2D eigenvalue weighted by atomic mass is 16.5. The summed E-state index contributed by atoms with van der Waals surface area (Å²) in [6.45, 7) is 9.90. The van der Waals surface area contributed by atoms with E-state index in [0.717, 1.165) is 32.7 Å². The van der Waals surface area contributed by atoms with Crippen molar-refractivity contribution >= 4 is 16.8 Å². The number of hydrogen-bond acceptors (Lipinski definition) is 6. The molecule has 1 aliphatic heterocycles. The lowest BCUT2D eigenvalue weighted by atomic mass is 10.2. The predicted octanol–water partition coefficient (Wildman–Crippen LogP) is 1.25. The summed E-state index contributed by atoms with van der Waals surface area (Å²) in [5.41, 5.74) is 0.313. The van der Waals surface area contributed by atoms with Crippen LogP contribution in [0.5, 0.6) is 11.5 Å². The molecule has 0 bridgehead atoms. The Morgan fingerprint density at radius 3 is 2.67 bits per heavy atom.